The average molecular weight is 1420 g/mol. The van der Waals surface area contributed by atoms with Gasteiger partial charge >= 0.3 is 12.1 Å². The van der Waals surface area contributed by atoms with Crippen molar-refractivity contribution >= 4 is 29.8 Å². The average Bonchev–Trinajstić information content (AvgIpc) is 0.762. The van der Waals surface area contributed by atoms with Crippen LogP contribution in [0, 0.1) is 103 Å². The van der Waals surface area contributed by atoms with E-state index < -0.39 is 59.9 Å². The van der Waals surface area contributed by atoms with Gasteiger partial charge in [-0.2, -0.15) is 0 Å². The van der Waals surface area contributed by atoms with E-state index in [1.807, 2.05) is 11.9 Å². The molecule has 12 aliphatic rings. The molecule has 22 heteroatoms. The summed E-state index contributed by atoms with van der Waals surface area (Å²) in [7, 11) is 1.86. The minimum absolute atomic E-state index is 0.00161. The summed E-state index contributed by atoms with van der Waals surface area (Å²) in [6, 6.07) is 11.5. The first-order valence-corrected chi connectivity index (χ1v) is 36.9. The molecule has 6 amide bonds. The molecule has 6 aliphatic heterocycles. The fourth-order valence-electron chi connectivity index (χ4n) is 21.8. The second kappa shape index (κ2) is 28.5. The number of allylic oxidation sites excluding steroid dienone is 3. The van der Waals surface area contributed by atoms with Gasteiger partial charge in [0.15, 0.2) is 60.4 Å². The molecule has 0 spiro atoms. The van der Waals surface area contributed by atoms with E-state index in [0.29, 0.717) is 92.5 Å². The summed E-state index contributed by atoms with van der Waals surface area (Å²) >= 11 is 0. The minimum Gasteiger partial charge on any atom is -0.439 e. The lowest BCUT2D eigenvalue weighted by molar-refractivity contribution is -0.307. The second-order valence-electron chi connectivity index (χ2n) is 33.0. The Morgan fingerprint density at radius 3 is 1.11 bits per heavy atom. The summed E-state index contributed by atoms with van der Waals surface area (Å²) in [4.78, 5) is 67.0. The van der Waals surface area contributed by atoms with Gasteiger partial charge in [-0.05, 0) is 184 Å². The van der Waals surface area contributed by atoms with Crippen LogP contribution in [0.5, 0.6) is 0 Å². The number of halogens is 6. The SMILES string of the molecule is C=C1CCC2[C@]3(C)CO[C@@H](c4ccc(F)c(F)c4)O[C@@H]3CC[C@@]2(C)[C@@H]1CCN1C(=O)CCC1=O.C=C1CCC2[C@]3(C)CO[C@@H](c4ccc(F)c(F)c4)O[C@@H]3CC[C@@]2(C)[C@@H]1CCN1C(=O)COC1=O.C=C1CCC2[C@]3(C)CO[C@@H](c4ccc(F)c(F)c4)O[C@@H]3CC[C@@]2(C)[C@@H]1CCN1CCN(C)C1=O. The number of hydrogen-bond acceptors (Lipinski definition) is 12. The van der Waals surface area contributed by atoms with Crippen molar-refractivity contribution in [3.63, 3.8) is 0 Å². The number of amides is 6. The number of imide groups is 2. The first-order chi connectivity index (χ1) is 48.4. The Balaban J connectivity index is 0.000000137. The summed E-state index contributed by atoms with van der Waals surface area (Å²) in [6.07, 6.45) is 11.3. The van der Waals surface area contributed by atoms with Crippen molar-refractivity contribution in [2.75, 3.05) is 66.2 Å². The molecule has 554 valence electrons. The number of carbonyl (C=O) groups excluding carboxylic acids is 5. The summed E-state index contributed by atoms with van der Waals surface area (Å²) in [6.45, 7) is 31.3. The monoisotopic (exact) mass is 1420 g/mol. The third-order valence-electron chi connectivity index (χ3n) is 27.4. The Morgan fingerprint density at radius 1 is 0.431 bits per heavy atom. The van der Waals surface area contributed by atoms with Gasteiger partial charge in [-0.3, -0.25) is 19.3 Å². The fraction of sp³-hybridized carbons (Fsp3) is 0.637. The van der Waals surface area contributed by atoms with Crippen molar-refractivity contribution in [1.29, 1.82) is 0 Å². The number of hydrogen-bond donors (Lipinski definition) is 0. The molecule has 0 aromatic heterocycles. The third kappa shape index (κ3) is 13.3. The zero-order valence-corrected chi connectivity index (χ0v) is 60.1. The van der Waals surface area contributed by atoms with Crippen LogP contribution in [-0.4, -0.2) is 134 Å². The molecule has 3 unspecified atom stereocenters. The maximum absolute atomic E-state index is 13.8. The van der Waals surface area contributed by atoms with Crippen LogP contribution >= 0.6 is 0 Å². The van der Waals surface area contributed by atoms with Crippen LogP contribution in [0.4, 0.5) is 35.9 Å². The third-order valence-corrected chi connectivity index (χ3v) is 27.4. The molecule has 6 saturated heterocycles. The maximum Gasteiger partial charge on any atom is 0.417 e. The van der Waals surface area contributed by atoms with E-state index in [0.717, 1.165) is 145 Å². The lowest BCUT2D eigenvalue weighted by Crippen LogP contribution is -2.60. The Morgan fingerprint density at radius 2 is 0.784 bits per heavy atom. The molecule has 102 heavy (non-hydrogen) atoms. The number of benzene rings is 3. The van der Waals surface area contributed by atoms with Gasteiger partial charge in [0.05, 0.1) is 38.1 Å². The number of cyclic esters (lactones) is 1. The Kier molecular flexibility index (Phi) is 20.6. The Bertz CT molecular complexity index is 3610. The lowest BCUT2D eigenvalue weighted by Gasteiger charge is -2.62. The quantitative estimate of drug-likeness (QED) is 0.0959. The van der Waals surface area contributed by atoms with E-state index >= 15 is 0 Å². The largest absolute Gasteiger partial charge is 0.439 e. The zero-order chi connectivity index (χ0) is 72.8. The van der Waals surface area contributed by atoms with Crippen molar-refractivity contribution < 1.29 is 83.5 Å². The number of fused-ring (bicyclic) bond motifs is 9. The van der Waals surface area contributed by atoms with Crippen LogP contribution in [0.2, 0.25) is 0 Å². The normalized spacial score (nSPS) is 38.0. The molecule has 0 radical (unpaired) electrons. The highest BCUT2D eigenvalue weighted by atomic mass is 19.2. The number of likely N-dealkylation sites (N-methyl/N-ethyl adjacent to an activating group) is 1. The van der Waals surface area contributed by atoms with Crippen molar-refractivity contribution in [1.82, 2.24) is 19.6 Å². The smallest absolute Gasteiger partial charge is 0.417 e. The van der Waals surface area contributed by atoms with E-state index in [-0.39, 0.29) is 93.0 Å². The number of carbonyl (C=O) groups is 5. The van der Waals surface area contributed by atoms with Crippen LogP contribution in [-0.2, 0) is 47.5 Å². The van der Waals surface area contributed by atoms with Gasteiger partial charge in [0.1, 0.15) is 0 Å². The van der Waals surface area contributed by atoms with Gasteiger partial charge in [-0.1, -0.05) is 96.2 Å². The number of rotatable bonds is 12. The van der Waals surface area contributed by atoms with E-state index in [1.54, 1.807) is 4.90 Å². The van der Waals surface area contributed by atoms with Gasteiger partial charge in [-0.15, -0.1) is 0 Å². The van der Waals surface area contributed by atoms with E-state index in [1.165, 1.54) is 45.2 Å². The minimum atomic E-state index is -0.914. The van der Waals surface area contributed by atoms with Crippen LogP contribution in [0.1, 0.15) is 186 Å². The number of ether oxygens (including phenoxy) is 7. The maximum atomic E-state index is 13.8. The molecule has 6 aliphatic carbocycles. The van der Waals surface area contributed by atoms with Gasteiger partial charge in [0, 0.05) is 85.5 Å². The first kappa shape index (κ1) is 73.9. The van der Waals surface area contributed by atoms with Crippen molar-refractivity contribution in [3.05, 3.63) is 143 Å². The molecule has 6 heterocycles. The second-order valence-corrected chi connectivity index (χ2v) is 33.0. The van der Waals surface area contributed by atoms with Gasteiger partial charge < -0.3 is 43.0 Å². The standard InChI is InChI=1S/C27H36F2N2O3.C27H33F2NO4.C26H31F2NO5/c1-17-5-8-22-26(2,19(17)10-12-31-14-13-30(4)25(31)32)11-9-23-27(22,3)16-33-24(34-23)18-6-7-20(28)21(29)15-18;1-16-4-7-21-26(2,18(16)11-13-30-23(31)8-9-24(30)32)12-10-22-27(21,3)15-33-25(34-22)17-5-6-19(28)20(29)14-17;1-15-4-7-20-25(2,17(15)9-11-29-22(30)13-32-24(29)31)10-8-21-26(20,3)14-33-23(34-21)16-5-6-18(27)19(28)12-16/h6-7,15,19,22-24H,1,5,8-14,16H2,2-4H3;5-6,14,18,21-22,25H,1,4,7-13,15H2,2-3H3;5-6,12,17,20-21,23H,1,4,7-11,13-14H2,2-3H3/t19-,22?,23-,24-,26+,27+;18-,21?,22-,25-,26+,27+;17-,20?,21-,23-,25+,26+/m111/s1. The van der Waals surface area contributed by atoms with Gasteiger partial charge in [0.25, 0.3) is 5.91 Å². The first-order valence-electron chi connectivity index (χ1n) is 36.9. The fourth-order valence-corrected chi connectivity index (χ4v) is 21.8. The van der Waals surface area contributed by atoms with Crippen LogP contribution in [0.15, 0.2) is 91.1 Å². The highest BCUT2D eigenvalue weighted by Crippen LogP contribution is 2.67. The van der Waals surface area contributed by atoms with Crippen molar-refractivity contribution in [2.24, 2.45) is 68.0 Å². The molecule has 3 aromatic rings. The molecular formula is C80H100F6N4O12. The van der Waals surface area contributed by atoms with E-state index in [2.05, 4.69) is 61.3 Å². The molecule has 3 aromatic carbocycles. The van der Waals surface area contributed by atoms with Gasteiger partial charge in [0.2, 0.25) is 11.8 Å². The summed E-state index contributed by atoms with van der Waals surface area (Å²) < 4.78 is 124. The van der Waals surface area contributed by atoms with Crippen LogP contribution in [0.3, 0.4) is 0 Å². The van der Waals surface area contributed by atoms with Crippen molar-refractivity contribution in [3.8, 4) is 0 Å². The number of urea groups is 1. The number of nitrogens with zero attached hydrogens (tertiary/aromatic N) is 4. The van der Waals surface area contributed by atoms with Crippen molar-refractivity contribution in [2.45, 2.75) is 188 Å². The molecule has 16 nitrogen and oxygen atoms in total. The summed E-state index contributed by atoms with van der Waals surface area (Å²) in [5, 5.41) is 0. The lowest BCUT2D eigenvalue weighted by atomic mass is 9.46. The molecule has 0 N–H and O–H groups in total. The summed E-state index contributed by atoms with van der Waals surface area (Å²) in [5.41, 5.74) is 4.49. The molecule has 15 rings (SSSR count). The molecule has 12 fully saturated rings. The molecular weight excluding hydrogens is 1320 g/mol. The highest BCUT2D eigenvalue weighted by molar-refractivity contribution is 6.02. The predicted octanol–water partition coefficient (Wildman–Crippen LogP) is 16.0. The van der Waals surface area contributed by atoms with Gasteiger partial charge in [-0.25, -0.2) is 40.8 Å². The molecule has 18 atom stereocenters. The molecule has 0 bridgehead atoms. The topological polar surface area (TPSA) is 163 Å². The van der Waals surface area contributed by atoms with Crippen LogP contribution < -0.4 is 0 Å². The highest BCUT2D eigenvalue weighted by Gasteiger charge is 2.64. The Labute approximate surface area is 595 Å². The number of likely N-dealkylation sites (tertiary alicyclic amines) is 1. The van der Waals surface area contributed by atoms with E-state index in [4.69, 9.17) is 33.2 Å². The zero-order valence-electron chi connectivity index (χ0n) is 60.1. The summed E-state index contributed by atoms with van der Waals surface area (Å²) in [5.74, 6) is -4.03. The molecule has 6 saturated carbocycles. The van der Waals surface area contributed by atoms with E-state index in [9.17, 15) is 50.3 Å². The van der Waals surface area contributed by atoms with Crippen LogP contribution in [0.25, 0.3) is 0 Å². The Hall–Kier alpha value is -6.43. The predicted molar refractivity (Wildman–Crippen MR) is 365 cm³/mol.